The maximum absolute atomic E-state index is 12.5. The van der Waals surface area contributed by atoms with Gasteiger partial charge in [0.2, 0.25) is 0 Å². The van der Waals surface area contributed by atoms with E-state index >= 15 is 0 Å². The molecule has 1 N–H and O–H groups in total. The van der Waals surface area contributed by atoms with Crippen molar-refractivity contribution in [1.82, 2.24) is 4.90 Å². The van der Waals surface area contributed by atoms with Crippen molar-refractivity contribution < 1.29 is 9.53 Å². The zero-order valence-electron chi connectivity index (χ0n) is 15.2. The van der Waals surface area contributed by atoms with E-state index in [-0.39, 0.29) is 6.54 Å². The highest BCUT2D eigenvalue weighted by Gasteiger charge is 2.32. The van der Waals surface area contributed by atoms with Crippen LogP contribution in [0, 0.1) is 11.3 Å². The van der Waals surface area contributed by atoms with Crippen molar-refractivity contribution in [3.05, 3.63) is 28.7 Å². The Morgan fingerprint density at radius 2 is 1.79 bits per heavy atom. The minimum absolute atomic E-state index is 0.227. The number of nitriles is 1. The summed E-state index contributed by atoms with van der Waals surface area (Å²) in [6.45, 7) is 11.5. The van der Waals surface area contributed by atoms with Gasteiger partial charge >= 0.3 is 6.09 Å². The molecule has 0 saturated carbocycles. The fraction of sp³-hybridized carbons (Fsp3) is 0.556. The zero-order chi connectivity index (χ0) is 18.5. The monoisotopic (exact) mass is 395 g/mol. The van der Waals surface area contributed by atoms with Gasteiger partial charge in [-0.2, -0.15) is 5.26 Å². The third-order valence-electron chi connectivity index (χ3n) is 3.13. The normalized spacial score (nSPS) is 12.9. The molecule has 0 radical (unpaired) electrons. The second-order valence-corrected chi connectivity index (χ2v) is 8.51. The van der Waals surface area contributed by atoms with Gasteiger partial charge in [-0.1, -0.05) is 15.9 Å². The van der Waals surface area contributed by atoms with E-state index in [1.165, 1.54) is 0 Å². The molecule has 6 heteroatoms. The molecule has 0 aliphatic heterocycles. The standard InChI is InChI=1S/C18H26BrN3O2/c1-17(2,3)22(16(23)24-18(4,5)6)12-15(11-20)21-14-9-7-13(19)8-10-14/h7-10,15,21H,12H2,1-6H3. The molecule has 0 heterocycles. The number of hydrogen-bond donors (Lipinski definition) is 1. The minimum atomic E-state index is -0.581. The van der Waals surface area contributed by atoms with Crippen molar-refractivity contribution in [2.45, 2.75) is 58.7 Å². The van der Waals surface area contributed by atoms with Gasteiger partial charge < -0.3 is 15.0 Å². The summed E-state index contributed by atoms with van der Waals surface area (Å²) in [4.78, 5) is 14.1. The molecule has 5 nitrogen and oxygen atoms in total. The van der Waals surface area contributed by atoms with Crippen LogP contribution >= 0.6 is 15.9 Å². The van der Waals surface area contributed by atoms with Gasteiger partial charge in [0, 0.05) is 15.7 Å². The smallest absolute Gasteiger partial charge is 0.410 e. The molecule has 1 atom stereocenters. The fourth-order valence-electron chi connectivity index (χ4n) is 1.99. The van der Waals surface area contributed by atoms with Crippen LogP contribution in [0.25, 0.3) is 0 Å². The van der Waals surface area contributed by atoms with Crippen LogP contribution in [-0.4, -0.2) is 34.7 Å². The maximum atomic E-state index is 12.5. The molecular formula is C18H26BrN3O2. The lowest BCUT2D eigenvalue weighted by atomic mass is 10.1. The summed E-state index contributed by atoms with van der Waals surface area (Å²) in [5.41, 5.74) is -0.219. The van der Waals surface area contributed by atoms with Crippen molar-refractivity contribution >= 4 is 27.7 Å². The highest BCUT2D eigenvalue weighted by atomic mass is 79.9. The quantitative estimate of drug-likeness (QED) is 0.795. The number of benzene rings is 1. The topological polar surface area (TPSA) is 65.4 Å². The third-order valence-corrected chi connectivity index (χ3v) is 3.66. The molecule has 0 aliphatic carbocycles. The summed E-state index contributed by atoms with van der Waals surface area (Å²) in [5.74, 6) is 0. The number of carbonyl (C=O) groups is 1. The molecular weight excluding hydrogens is 370 g/mol. The van der Waals surface area contributed by atoms with Crippen LogP contribution in [0.2, 0.25) is 0 Å². The first-order valence-corrected chi connectivity index (χ1v) is 8.64. The molecule has 1 aromatic rings. The molecule has 1 unspecified atom stereocenters. The van der Waals surface area contributed by atoms with E-state index < -0.39 is 23.3 Å². The van der Waals surface area contributed by atoms with Gasteiger partial charge in [-0.05, 0) is 65.8 Å². The molecule has 132 valence electrons. The van der Waals surface area contributed by atoms with Gasteiger partial charge in [-0.15, -0.1) is 0 Å². The Kier molecular flexibility index (Phi) is 6.67. The van der Waals surface area contributed by atoms with E-state index in [4.69, 9.17) is 4.74 Å². The summed E-state index contributed by atoms with van der Waals surface area (Å²) < 4.78 is 6.45. The summed E-state index contributed by atoms with van der Waals surface area (Å²) in [5, 5.41) is 12.6. The molecule has 0 aromatic heterocycles. The highest BCUT2D eigenvalue weighted by molar-refractivity contribution is 9.10. The van der Waals surface area contributed by atoms with E-state index in [0.29, 0.717) is 0 Å². The Hall–Kier alpha value is -1.74. The second kappa shape index (κ2) is 7.89. The van der Waals surface area contributed by atoms with Crippen molar-refractivity contribution in [1.29, 1.82) is 5.26 Å². The van der Waals surface area contributed by atoms with Crippen LogP contribution in [0.3, 0.4) is 0 Å². The predicted octanol–water partition coefficient (Wildman–Crippen LogP) is 4.79. The number of rotatable bonds is 4. The number of halogens is 1. The third kappa shape index (κ3) is 6.79. The maximum Gasteiger partial charge on any atom is 0.410 e. The van der Waals surface area contributed by atoms with Crippen molar-refractivity contribution in [2.24, 2.45) is 0 Å². The van der Waals surface area contributed by atoms with E-state index in [9.17, 15) is 10.1 Å². The van der Waals surface area contributed by atoms with Crippen molar-refractivity contribution in [3.8, 4) is 6.07 Å². The number of carbonyl (C=O) groups excluding carboxylic acids is 1. The molecule has 1 aromatic carbocycles. The number of nitrogens with zero attached hydrogens (tertiary/aromatic N) is 2. The van der Waals surface area contributed by atoms with Gasteiger partial charge in [0.25, 0.3) is 0 Å². The van der Waals surface area contributed by atoms with Crippen LogP contribution in [-0.2, 0) is 4.74 Å². The van der Waals surface area contributed by atoms with Crippen LogP contribution in [0.1, 0.15) is 41.5 Å². The second-order valence-electron chi connectivity index (χ2n) is 7.59. The average Bonchev–Trinajstić information content (AvgIpc) is 2.42. The number of ether oxygens (including phenoxy) is 1. The van der Waals surface area contributed by atoms with E-state index in [1.54, 1.807) is 4.90 Å². The van der Waals surface area contributed by atoms with Crippen LogP contribution in [0.4, 0.5) is 10.5 Å². The van der Waals surface area contributed by atoms with Crippen LogP contribution in [0.15, 0.2) is 28.7 Å². The first-order chi connectivity index (χ1) is 10.9. The fourth-order valence-corrected chi connectivity index (χ4v) is 2.25. The summed E-state index contributed by atoms with van der Waals surface area (Å²) in [6.07, 6.45) is -0.423. The minimum Gasteiger partial charge on any atom is -0.444 e. The number of nitrogens with one attached hydrogen (secondary N) is 1. The van der Waals surface area contributed by atoms with Gasteiger partial charge in [-0.25, -0.2) is 4.79 Å². The Labute approximate surface area is 153 Å². The van der Waals surface area contributed by atoms with Crippen molar-refractivity contribution in [2.75, 3.05) is 11.9 Å². The van der Waals surface area contributed by atoms with E-state index in [0.717, 1.165) is 10.2 Å². The molecule has 0 aliphatic rings. The lowest BCUT2D eigenvalue weighted by Gasteiger charge is -2.38. The molecule has 1 rings (SSSR count). The first-order valence-electron chi connectivity index (χ1n) is 7.85. The van der Waals surface area contributed by atoms with Gasteiger partial charge in [0.15, 0.2) is 0 Å². The van der Waals surface area contributed by atoms with Gasteiger partial charge in [0.1, 0.15) is 11.6 Å². The van der Waals surface area contributed by atoms with Crippen molar-refractivity contribution in [3.63, 3.8) is 0 Å². The first kappa shape index (κ1) is 20.3. The Morgan fingerprint density at radius 3 is 2.21 bits per heavy atom. The molecule has 1 amide bonds. The summed E-state index contributed by atoms with van der Waals surface area (Å²) in [7, 11) is 0. The summed E-state index contributed by atoms with van der Waals surface area (Å²) >= 11 is 3.38. The molecule has 0 spiro atoms. The lowest BCUT2D eigenvalue weighted by molar-refractivity contribution is 0.00628. The molecule has 0 saturated heterocycles. The number of amides is 1. The van der Waals surface area contributed by atoms with Crippen LogP contribution in [0.5, 0.6) is 0 Å². The van der Waals surface area contributed by atoms with Crippen LogP contribution < -0.4 is 5.32 Å². The number of anilines is 1. The predicted molar refractivity (Wildman–Crippen MR) is 99.9 cm³/mol. The number of hydrogen-bond acceptors (Lipinski definition) is 4. The van der Waals surface area contributed by atoms with E-state index in [2.05, 4.69) is 27.3 Å². The molecule has 24 heavy (non-hydrogen) atoms. The van der Waals surface area contributed by atoms with Gasteiger partial charge in [0.05, 0.1) is 12.6 Å². The van der Waals surface area contributed by atoms with E-state index in [1.807, 2.05) is 65.8 Å². The Bertz CT molecular complexity index is 595. The van der Waals surface area contributed by atoms with Gasteiger partial charge in [-0.3, -0.25) is 0 Å². The molecule has 0 fully saturated rings. The highest BCUT2D eigenvalue weighted by Crippen LogP contribution is 2.20. The largest absolute Gasteiger partial charge is 0.444 e. The zero-order valence-corrected chi connectivity index (χ0v) is 16.8. The molecule has 0 bridgehead atoms. The SMILES string of the molecule is CC(C)(C)OC(=O)N(CC(C#N)Nc1ccc(Br)cc1)C(C)(C)C. The lowest BCUT2D eigenvalue weighted by Crippen LogP contribution is -2.51. The Balaban J connectivity index is 2.89. The average molecular weight is 396 g/mol. The summed E-state index contributed by atoms with van der Waals surface area (Å²) in [6, 6.07) is 9.22. The Morgan fingerprint density at radius 1 is 1.25 bits per heavy atom.